The maximum absolute atomic E-state index is 8.75. The van der Waals surface area contributed by atoms with Gasteiger partial charge < -0.3 is 4.57 Å². The van der Waals surface area contributed by atoms with Crippen LogP contribution in [0.2, 0.25) is 0 Å². The summed E-state index contributed by atoms with van der Waals surface area (Å²) in [6, 6.07) is 3.68. The van der Waals surface area contributed by atoms with Crippen molar-refractivity contribution in [2.75, 3.05) is 0 Å². The van der Waals surface area contributed by atoms with Crippen LogP contribution in [-0.2, 0) is 6.54 Å². The molecule has 0 saturated heterocycles. The van der Waals surface area contributed by atoms with Crippen molar-refractivity contribution < 1.29 is 0 Å². The highest BCUT2D eigenvalue weighted by Gasteiger charge is 2.09. The number of aromatic nitrogens is 2. The van der Waals surface area contributed by atoms with E-state index in [0.717, 1.165) is 0 Å². The molecule has 14 heavy (non-hydrogen) atoms. The summed E-state index contributed by atoms with van der Waals surface area (Å²) >= 11 is 11.0. The van der Waals surface area contributed by atoms with Crippen LogP contribution < -0.4 is 0 Å². The van der Waals surface area contributed by atoms with Gasteiger partial charge in [-0.15, -0.1) is 0 Å². The Morgan fingerprint density at radius 2 is 2.29 bits per heavy atom. The van der Waals surface area contributed by atoms with Gasteiger partial charge >= 0.3 is 0 Å². The third kappa shape index (κ3) is 2.05. The Bertz CT molecular complexity index is 447. The lowest BCUT2D eigenvalue weighted by molar-refractivity contribution is 0.798. The largest absolute Gasteiger partial charge is 0.316 e. The van der Waals surface area contributed by atoms with Crippen molar-refractivity contribution in [3.63, 3.8) is 0 Å². The van der Waals surface area contributed by atoms with Crippen molar-refractivity contribution in [3.8, 4) is 12.1 Å². The lowest BCUT2D eigenvalue weighted by Crippen LogP contribution is -1.99. The molecule has 0 aliphatic rings. The van der Waals surface area contributed by atoms with Crippen molar-refractivity contribution >= 4 is 23.2 Å². The molecule has 1 aromatic rings. The molecule has 70 valence electrons. The second-order valence-corrected chi connectivity index (χ2v) is 3.05. The van der Waals surface area contributed by atoms with Crippen molar-refractivity contribution in [2.24, 2.45) is 0 Å². The molecule has 0 radical (unpaired) electrons. The van der Waals surface area contributed by atoms with Gasteiger partial charge in [0.05, 0.1) is 12.9 Å². The third-order valence-corrected chi connectivity index (χ3v) is 2.09. The summed E-state index contributed by atoms with van der Waals surface area (Å²) < 4.78 is 1.46. The Hall–Kier alpha value is -1.49. The normalized spacial score (nSPS) is 10.7. The molecule has 0 aromatic carbocycles. The molecule has 0 saturated carbocycles. The number of nitriles is 2. The summed E-state index contributed by atoms with van der Waals surface area (Å²) in [5, 5.41) is 17.7. The molecular weight excluding hydrogens is 223 g/mol. The van der Waals surface area contributed by atoms with Gasteiger partial charge in [0.1, 0.15) is 12.1 Å². The number of nitrogens with zero attached hydrogens (tertiary/aromatic N) is 4. The van der Waals surface area contributed by atoms with E-state index in [1.54, 1.807) is 0 Å². The summed E-state index contributed by atoms with van der Waals surface area (Å²) in [6.07, 6.45) is 1.37. The average molecular weight is 227 g/mol. The maximum atomic E-state index is 8.75. The molecule has 6 heteroatoms. The summed E-state index contributed by atoms with van der Waals surface area (Å²) in [4.78, 5) is 3.74. The van der Waals surface area contributed by atoms with Crippen LogP contribution in [0.4, 0.5) is 0 Å². The fraction of sp³-hybridized carbons (Fsp3) is 0.125. The summed E-state index contributed by atoms with van der Waals surface area (Å²) in [5.74, 6) is 0. The molecule has 0 atom stereocenters. The van der Waals surface area contributed by atoms with Gasteiger partial charge in [-0.25, -0.2) is 4.98 Å². The number of halogens is 2. The monoisotopic (exact) mass is 226 g/mol. The van der Waals surface area contributed by atoms with Gasteiger partial charge in [0.2, 0.25) is 0 Å². The molecule has 0 N–H and O–H groups in total. The second-order valence-electron chi connectivity index (χ2n) is 2.35. The number of allylic oxidation sites excluding steroid dienone is 1. The first-order valence-corrected chi connectivity index (χ1v) is 4.34. The van der Waals surface area contributed by atoms with Gasteiger partial charge in [-0.1, -0.05) is 23.2 Å². The van der Waals surface area contributed by atoms with E-state index in [9.17, 15) is 0 Å². The third-order valence-electron chi connectivity index (χ3n) is 1.49. The summed E-state index contributed by atoms with van der Waals surface area (Å²) in [6.45, 7) is 0.239. The number of imidazole rings is 1. The Morgan fingerprint density at radius 1 is 1.57 bits per heavy atom. The minimum absolute atomic E-state index is 0.0894. The van der Waals surface area contributed by atoms with Crippen molar-refractivity contribution in [2.45, 2.75) is 6.54 Å². The molecule has 0 aliphatic carbocycles. The van der Waals surface area contributed by atoms with Crippen LogP contribution in [0.5, 0.6) is 0 Å². The van der Waals surface area contributed by atoms with Crippen LogP contribution in [0.15, 0.2) is 16.9 Å². The van der Waals surface area contributed by atoms with E-state index in [1.807, 2.05) is 12.1 Å². The van der Waals surface area contributed by atoms with Crippen LogP contribution in [0.25, 0.3) is 0 Å². The van der Waals surface area contributed by atoms with E-state index in [1.165, 1.54) is 16.4 Å². The van der Waals surface area contributed by atoms with E-state index >= 15 is 0 Å². The molecule has 0 fully saturated rings. The molecule has 0 aliphatic heterocycles. The summed E-state index contributed by atoms with van der Waals surface area (Å²) in [5.41, 5.74) is 1.48. The number of hydrogen-bond donors (Lipinski definition) is 0. The zero-order chi connectivity index (χ0) is 10.6. The first-order chi connectivity index (χ1) is 6.72. The predicted octanol–water partition coefficient (Wildman–Crippen LogP) is 1.95. The first-order valence-electron chi connectivity index (χ1n) is 3.53. The smallest absolute Gasteiger partial charge is 0.176 e. The predicted molar refractivity (Wildman–Crippen MR) is 51.4 cm³/mol. The summed E-state index contributed by atoms with van der Waals surface area (Å²) in [7, 11) is 0. The highest BCUT2D eigenvalue weighted by molar-refractivity contribution is 6.36. The lowest BCUT2D eigenvalue weighted by atomic mass is 10.3. The lowest BCUT2D eigenvalue weighted by Gasteiger charge is -2.00. The average Bonchev–Trinajstić information content (AvgIpc) is 2.59. The topological polar surface area (TPSA) is 65.4 Å². The van der Waals surface area contributed by atoms with Gasteiger partial charge in [-0.2, -0.15) is 10.5 Å². The quantitative estimate of drug-likeness (QED) is 0.775. The number of rotatable bonds is 2. The fourth-order valence-electron chi connectivity index (χ4n) is 0.898. The molecule has 0 spiro atoms. The highest BCUT2D eigenvalue weighted by Crippen LogP contribution is 2.11. The molecule has 0 amide bonds. The Labute approximate surface area is 90.6 Å². The fourth-order valence-corrected chi connectivity index (χ4v) is 1.10. The van der Waals surface area contributed by atoms with E-state index in [0.29, 0.717) is 5.03 Å². The van der Waals surface area contributed by atoms with Gasteiger partial charge in [-0.3, -0.25) is 0 Å². The van der Waals surface area contributed by atoms with Crippen molar-refractivity contribution in [3.05, 3.63) is 28.3 Å². The van der Waals surface area contributed by atoms with E-state index < -0.39 is 0 Å². The Balaban J connectivity index is 3.07. The molecule has 4 nitrogen and oxygen atoms in total. The second kappa shape index (κ2) is 4.66. The van der Waals surface area contributed by atoms with Crippen LogP contribution >= 0.6 is 23.2 Å². The van der Waals surface area contributed by atoms with Crippen LogP contribution in [0, 0.1) is 22.7 Å². The molecular formula is C8H4Cl2N4. The maximum Gasteiger partial charge on any atom is 0.176 e. The molecule has 0 unspecified atom stereocenters. The SMILES string of the molecule is N#Cc1ncn(C/C(Cl)=C\Cl)c1C#N. The van der Waals surface area contributed by atoms with Gasteiger partial charge in [0, 0.05) is 10.6 Å². The minimum Gasteiger partial charge on any atom is -0.316 e. The molecule has 1 heterocycles. The highest BCUT2D eigenvalue weighted by atomic mass is 35.5. The van der Waals surface area contributed by atoms with E-state index in [-0.39, 0.29) is 17.9 Å². The zero-order valence-electron chi connectivity index (χ0n) is 6.91. The van der Waals surface area contributed by atoms with Crippen LogP contribution in [-0.4, -0.2) is 9.55 Å². The Morgan fingerprint density at radius 3 is 2.79 bits per heavy atom. The van der Waals surface area contributed by atoms with Crippen LogP contribution in [0.3, 0.4) is 0 Å². The standard InChI is InChI=1S/C8H4Cl2N4/c9-1-6(10)4-14-5-13-7(2-11)8(14)3-12/h1,5H,4H2/b6-1+. The molecule has 1 rings (SSSR count). The van der Waals surface area contributed by atoms with E-state index in [2.05, 4.69) is 4.98 Å². The minimum atomic E-state index is 0.0894. The molecule has 0 bridgehead atoms. The zero-order valence-corrected chi connectivity index (χ0v) is 8.42. The molecule has 1 aromatic heterocycles. The Kier molecular flexibility index (Phi) is 3.53. The van der Waals surface area contributed by atoms with Crippen LogP contribution in [0.1, 0.15) is 11.4 Å². The van der Waals surface area contributed by atoms with Crippen molar-refractivity contribution in [1.82, 2.24) is 9.55 Å². The van der Waals surface area contributed by atoms with Crippen molar-refractivity contribution in [1.29, 1.82) is 10.5 Å². The number of hydrogen-bond acceptors (Lipinski definition) is 3. The van der Waals surface area contributed by atoms with Gasteiger partial charge in [-0.05, 0) is 0 Å². The van der Waals surface area contributed by atoms with Gasteiger partial charge in [0.15, 0.2) is 11.4 Å². The van der Waals surface area contributed by atoms with Gasteiger partial charge in [0.25, 0.3) is 0 Å². The van der Waals surface area contributed by atoms with E-state index in [4.69, 9.17) is 33.7 Å². The first kappa shape index (κ1) is 10.6.